The lowest BCUT2D eigenvalue weighted by Crippen LogP contribution is -2.37. The van der Waals surface area contributed by atoms with E-state index in [0.29, 0.717) is 21.8 Å². The molecule has 1 aromatic rings. The number of amides is 1. The molecule has 1 aliphatic carbocycles. The van der Waals surface area contributed by atoms with Crippen molar-refractivity contribution in [3.63, 3.8) is 0 Å². The Morgan fingerprint density at radius 2 is 2.18 bits per heavy atom. The summed E-state index contributed by atoms with van der Waals surface area (Å²) in [5, 5.41) is 3.84. The monoisotopic (exact) mass is 273 g/mol. The SMILES string of the molecule is CC(Oc1cc(Cl)ccc1Cl)C(=O)NC1CC1. The number of halogens is 2. The minimum atomic E-state index is -0.577. The molecule has 0 spiro atoms. The molecule has 0 heterocycles. The number of carbonyl (C=O) groups excluding carboxylic acids is 1. The number of rotatable bonds is 4. The van der Waals surface area contributed by atoms with Crippen LogP contribution in [0.2, 0.25) is 10.0 Å². The number of nitrogens with one attached hydrogen (secondary N) is 1. The predicted molar refractivity (Wildman–Crippen MR) is 67.7 cm³/mol. The van der Waals surface area contributed by atoms with Gasteiger partial charge in [0.25, 0.3) is 5.91 Å². The summed E-state index contributed by atoms with van der Waals surface area (Å²) in [5.41, 5.74) is 0. The number of carbonyl (C=O) groups is 1. The molecule has 0 aromatic heterocycles. The van der Waals surface area contributed by atoms with Crippen LogP contribution in [0.1, 0.15) is 19.8 Å². The highest BCUT2D eigenvalue weighted by Crippen LogP contribution is 2.28. The highest BCUT2D eigenvalue weighted by Gasteiger charge is 2.26. The first-order valence-electron chi connectivity index (χ1n) is 5.48. The van der Waals surface area contributed by atoms with Gasteiger partial charge in [0.15, 0.2) is 6.10 Å². The van der Waals surface area contributed by atoms with Crippen molar-refractivity contribution in [1.82, 2.24) is 5.32 Å². The largest absolute Gasteiger partial charge is 0.479 e. The quantitative estimate of drug-likeness (QED) is 0.916. The maximum atomic E-state index is 11.7. The lowest BCUT2D eigenvalue weighted by atomic mass is 10.3. The van der Waals surface area contributed by atoms with E-state index >= 15 is 0 Å². The van der Waals surface area contributed by atoms with Gasteiger partial charge in [-0.25, -0.2) is 0 Å². The average molecular weight is 274 g/mol. The molecule has 17 heavy (non-hydrogen) atoms. The molecule has 1 saturated carbocycles. The van der Waals surface area contributed by atoms with Crippen molar-refractivity contribution in [2.45, 2.75) is 31.9 Å². The summed E-state index contributed by atoms with van der Waals surface area (Å²) in [7, 11) is 0. The van der Waals surface area contributed by atoms with Crippen molar-refractivity contribution in [3.8, 4) is 5.75 Å². The summed E-state index contributed by atoms with van der Waals surface area (Å²) >= 11 is 11.8. The van der Waals surface area contributed by atoms with Gasteiger partial charge in [-0.15, -0.1) is 0 Å². The molecule has 1 fully saturated rings. The Hall–Kier alpha value is -0.930. The van der Waals surface area contributed by atoms with E-state index in [1.54, 1.807) is 25.1 Å². The minimum Gasteiger partial charge on any atom is -0.479 e. The molecule has 0 bridgehead atoms. The van der Waals surface area contributed by atoms with E-state index in [1.165, 1.54) is 0 Å². The molecule has 0 aliphatic heterocycles. The number of hydrogen-bond acceptors (Lipinski definition) is 2. The Morgan fingerprint density at radius 1 is 1.47 bits per heavy atom. The van der Waals surface area contributed by atoms with E-state index in [4.69, 9.17) is 27.9 Å². The molecule has 2 rings (SSSR count). The highest BCUT2D eigenvalue weighted by molar-refractivity contribution is 6.34. The van der Waals surface area contributed by atoms with Crippen molar-refractivity contribution < 1.29 is 9.53 Å². The molecule has 0 radical (unpaired) electrons. The molecular weight excluding hydrogens is 261 g/mol. The van der Waals surface area contributed by atoms with Gasteiger partial charge in [0.05, 0.1) is 5.02 Å². The topological polar surface area (TPSA) is 38.3 Å². The maximum Gasteiger partial charge on any atom is 0.260 e. The average Bonchev–Trinajstić information content (AvgIpc) is 3.07. The maximum absolute atomic E-state index is 11.7. The second kappa shape index (κ2) is 5.15. The zero-order chi connectivity index (χ0) is 12.4. The summed E-state index contributed by atoms with van der Waals surface area (Å²) < 4.78 is 5.49. The molecule has 1 atom stereocenters. The first kappa shape index (κ1) is 12.5. The Labute approximate surface area is 110 Å². The molecular formula is C12H13Cl2NO2. The summed E-state index contributed by atoms with van der Waals surface area (Å²) in [5.74, 6) is 0.307. The zero-order valence-corrected chi connectivity index (χ0v) is 10.9. The van der Waals surface area contributed by atoms with E-state index in [9.17, 15) is 4.79 Å². The van der Waals surface area contributed by atoms with E-state index in [-0.39, 0.29) is 5.91 Å². The second-order valence-electron chi connectivity index (χ2n) is 4.12. The molecule has 5 heteroatoms. The van der Waals surface area contributed by atoms with E-state index in [2.05, 4.69) is 5.32 Å². The van der Waals surface area contributed by atoms with Crippen LogP contribution < -0.4 is 10.1 Å². The lowest BCUT2D eigenvalue weighted by Gasteiger charge is -2.15. The third-order valence-electron chi connectivity index (χ3n) is 2.49. The number of hydrogen-bond donors (Lipinski definition) is 1. The van der Waals surface area contributed by atoms with Crippen LogP contribution >= 0.6 is 23.2 Å². The third kappa shape index (κ3) is 3.51. The number of benzene rings is 1. The molecule has 1 amide bonds. The van der Waals surface area contributed by atoms with Crippen LogP contribution in [-0.2, 0) is 4.79 Å². The molecule has 92 valence electrons. The molecule has 1 aromatic carbocycles. The van der Waals surface area contributed by atoms with Crippen LogP contribution in [0.5, 0.6) is 5.75 Å². The zero-order valence-electron chi connectivity index (χ0n) is 9.37. The summed E-state index contributed by atoms with van der Waals surface area (Å²) in [6.07, 6.45) is 1.53. The van der Waals surface area contributed by atoms with Crippen LogP contribution in [0.4, 0.5) is 0 Å². The van der Waals surface area contributed by atoms with Crippen LogP contribution in [-0.4, -0.2) is 18.1 Å². The number of ether oxygens (including phenoxy) is 1. The Morgan fingerprint density at radius 3 is 2.82 bits per heavy atom. The fourth-order valence-electron chi connectivity index (χ4n) is 1.36. The minimum absolute atomic E-state index is 0.122. The Bertz CT molecular complexity index is 433. The molecule has 1 N–H and O–H groups in total. The molecule has 3 nitrogen and oxygen atoms in total. The van der Waals surface area contributed by atoms with Gasteiger partial charge in [-0.05, 0) is 31.9 Å². The highest BCUT2D eigenvalue weighted by atomic mass is 35.5. The molecule has 1 unspecified atom stereocenters. The smallest absolute Gasteiger partial charge is 0.260 e. The van der Waals surface area contributed by atoms with Gasteiger partial charge >= 0.3 is 0 Å². The van der Waals surface area contributed by atoms with Gasteiger partial charge in [-0.1, -0.05) is 23.2 Å². The van der Waals surface area contributed by atoms with Crippen molar-refractivity contribution in [2.75, 3.05) is 0 Å². The van der Waals surface area contributed by atoms with Gasteiger partial charge in [0, 0.05) is 17.1 Å². The fraction of sp³-hybridized carbons (Fsp3) is 0.417. The van der Waals surface area contributed by atoms with Gasteiger partial charge in [-0.3, -0.25) is 4.79 Å². The normalized spacial score (nSPS) is 16.4. The third-order valence-corrected chi connectivity index (χ3v) is 3.04. The van der Waals surface area contributed by atoms with Crippen LogP contribution in [0.15, 0.2) is 18.2 Å². The van der Waals surface area contributed by atoms with Crippen molar-refractivity contribution >= 4 is 29.1 Å². The predicted octanol–water partition coefficient (Wildman–Crippen LogP) is 3.04. The first-order chi connectivity index (χ1) is 8.06. The van der Waals surface area contributed by atoms with Gasteiger partial charge in [0.1, 0.15) is 5.75 Å². The van der Waals surface area contributed by atoms with E-state index < -0.39 is 6.10 Å². The summed E-state index contributed by atoms with van der Waals surface area (Å²) in [6, 6.07) is 5.24. The van der Waals surface area contributed by atoms with Crippen LogP contribution in [0.3, 0.4) is 0 Å². The molecule has 0 saturated heterocycles. The summed E-state index contributed by atoms with van der Waals surface area (Å²) in [6.45, 7) is 1.69. The van der Waals surface area contributed by atoms with Crippen molar-refractivity contribution in [2.24, 2.45) is 0 Å². The Balaban J connectivity index is 1.98. The molecule has 1 aliphatic rings. The van der Waals surface area contributed by atoms with Crippen LogP contribution in [0, 0.1) is 0 Å². The van der Waals surface area contributed by atoms with Gasteiger partial charge in [0.2, 0.25) is 0 Å². The summed E-state index contributed by atoms with van der Waals surface area (Å²) in [4.78, 5) is 11.7. The van der Waals surface area contributed by atoms with Crippen molar-refractivity contribution in [1.29, 1.82) is 0 Å². The van der Waals surface area contributed by atoms with Gasteiger partial charge < -0.3 is 10.1 Å². The van der Waals surface area contributed by atoms with E-state index in [0.717, 1.165) is 12.8 Å². The van der Waals surface area contributed by atoms with E-state index in [1.807, 2.05) is 0 Å². The van der Waals surface area contributed by atoms with Crippen LogP contribution in [0.25, 0.3) is 0 Å². The Kier molecular flexibility index (Phi) is 3.79. The standard InChI is InChI=1S/C12H13Cl2NO2/c1-7(12(16)15-9-3-4-9)17-11-6-8(13)2-5-10(11)14/h2,5-7,9H,3-4H2,1H3,(H,15,16). The van der Waals surface area contributed by atoms with Gasteiger partial charge in [-0.2, -0.15) is 0 Å². The van der Waals surface area contributed by atoms with Crippen molar-refractivity contribution in [3.05, 3.63) is 28.2 Å². The fourth-order valence-corrected chi connectivity index (χ4v) is 1.68. The lowest BCUT2D eigenvalue weighted by molar-refractivity contribution is -0.127. The second-order valence-corrected chi connectivity index (χ2v) is 4.96. The first-order valence-corrected chi connectivity index (χ1v) is 6.24.